The summed E-state index contributed by atoms with van der Waals surface area (Å²) in [6, 6.07) is 0. The fourth-order valence-electron chi connectivity index (χ4n) is 0.823. The summed E-state index contributed by atoms with van der Waals surface area (Å²) in [6.07, 6.45) is 2.06. The van der Waals surface area contributed by atoms with Crippen molar-refractivity contribution in [2.45, 2.75) is 33.6 Å². The Kier molecular flexibility index (Phi) is 5.30. The van der Waals surface area contributed by atoms with Gasteiger partial charge in [-0.1, -0.05) is 38.6 Å². The molecule has 0 aliphatic rings. The van der Waals surface area contributed by atoms with Crippen LogP contribution in [0.2, 0.25) is 0 Å². The first-order chi connectivity index (χ1) is 5.07. The predicted octanol–water partition coefficient (Wildman–Crippen LogP) is 3.22. The van der Waals surface area contributed by atoms with Crippen molar-refractivity contribution in [2.24, 2.45) is 5.92 Å². The maximum atomic E-state index is 11.2. The van der Waals surface area contributed by atoms with Crippen molar-refractivity contribution in [2.75, 3.05) is 0 Å². The summed E-state index contributed by atoms with van der Waals surface area (Å²) in [5.74, 6) is 0.182. The van der Waals surface area contributed by atoms with Gasteiger partial charge in [-0.3, -0.25) is 4.79 Å². The molecule has 0 N–H and O–H groups in total. The average Bonchev–Trinajstić information content (AvgIpc) is 1.86. The molecular weight excluding hydrogens is 156 g/mol. The van der Waals surface area contributed by atoms with Crippen LogP contribution in [-0.2, 0) is 4.79 Å². The Balaban J connectivity index is 3.73. The van der Waals surface area contributed by atoms with E-state index in [0.717, 1.165) is 17.7 Å². The minimum Gasteiger partial charge on any atom is -0.287 e. The van der Waals surface area contributed by atoms with Crippen LogP contribution >= 0.6 is 11.8 Å². The van der Waals surface area contributed by atoms with Gasteiger partial charge in [-0.25, -0.2) is 0 Å². The lowest BCUT2D eigenvalue weighted by Gasteiger charge is -2.06. The summed E-state index contributed by atoms with van der Waals surface area (Å²) >= 11 is 1.27. The Hall–Kier alpha value is -0.240. The summed E-state index contributed by atoms with van der Waals surface area (Å²) in [6.45, 7) is 9.61. The summed E-state index contributed by atoms with van der Waals surface area (Å²) in [7, 11) is 0. The van der Waals surface area contributed by atoms with Gasteiger partial charge in [0.05, 0.1) is 0 Å². The lowest BCUT2D eigenvalue weighted by atomic mass is 10.1. The fraction of sp³-hybridized carbons (Fsp3) is 0.667. The standard InChI is InChI=1S/C9H16OS/c1-5-6-8(4)9(10)11-7(2)3/h8H,2,5-6H2,1,3-4H3. The number of thioether (sulfide) groups is 1. The summed E-state index contributed by atoms with van der Waals surface area (Å²) in [5, 5.41) is 0.249. The van der Waals surface area contributed by atoms with Crippen molar-refractivity contribution in [3.05, 3.63) is 11.5 Å². The van der Waals surface area contributed by atoms with Gasteiger partial charge >= 0.3 is 0 Å². The minimum atomic E-state index is 0.182. The second-order valence-electron chi connectivity index (χ2n) is 2.81. The van der Waals surface area contributed by atoms with Gasteiger partial charge in [0, 0.05) is 5.92 Å². The van der Waals surface area contributed by atoms with Crippen LogP contribution in [0.5, 0.6) is 0 Å². The molecule has 0 saturated heterocycles. The van der Waals surface area contributed by atoms with Crippen LogP contribution < -0.4 is 0 Å². The molecule has 1 unspecified atom stereocenters. The summed E-state index contributed by atoms with van der Waals surface area (Å²) < 4.78 is 0. The normalized spacial score (nSPS) is 12.6. The molecule has 0 saturated carbocycles. The second kappa shape index (κ2) is 5.42. The van der Waals surface area contributed by atoms with Crippen LogP contribution in [0.15, 0.2) is 11.5 Å². The van der Waals surface area contributed by atoms with E-state index in [2.05, 4.69) is 13.5 Å². The van der Waals surface area contributed by atoms with E-state index in [0.29, 0.717) is 0 Å². The van der Waals surface area contributed by atoms with Crippen LogP contribution in [0.25, 0.3) is 0 Å². The Labute approximate surface area is 73.3 Å². The van der Waals surface area contributed by atoms with Crippen molar-refractivity contribution in [1.82, 2.24) is 0 Å². The number of carbonyl (C=O) groups is 1. The van der Waals surface area contributed by atoms with Crippen LogP contribution in [0.4, 0.5) is 0 Å². The molecule has 0 fully saturated rings. The first-order valence-corrected chi connectivity index (χ1v) is 4.76. The van der Waals surface area contributed by atoms with Gasteiger partial charge in [-0.2, -0.15) is 0 Å². The second-order valence-corrected chi connectivity index (χ2v) is 4.12. The molecule has 0 aliphatic carbocycles. The average molecular weight is 172 g/mol. The predicted molar refractivity (Wildman–Crippen MR) is 51.5 cm³/mol. The van der Waals surface area contributed by atoms with Crippen molar-refractivity contribution in [3.8, 4) is 0 Å². The number of hydrogen-bond acceptors (Lipinski definition) is 2. The summed E-state index contributed by atoms with van der Waals surface area (Å²) in [4.78, 5) is 12.1. The molecule has 0 rings (SSSR count). The van der Waals surface area contributed by atoms with E-state index in [-0.39, 0.29) is 11.0 Å². The van der Waals surface area contributed by atoms with E-state index in [1.807, 2.05) is 13.8 Å². The lowest BCUT2D eigenvalue weighted by Crippen LogP contribution is -2.05. The largest absolute Gasteiger partial charge is 0.287 e. The van der Waals surface area contributed by atoms with Gasteiger partial charge in [-0.15, -0.1) is 0 Å². The highest BCUT2D eigenvalue weighted by molar-refractivity contribution is 8.16. The van der Waals surface area contributed by atoms with Crippen LogP contribution in [-0.4, -0.2) is 5.12 Å². The van der Waals surface area contributed by atoms with Gasteiger partial charge in [0.2, 0.25) is 0 Å². The van der Waals surface area contributed by atoms with Crippen LogP contribution in [0.3, 0.4) is 0 Å². The van der Waals surface area contributed by atoms with Gasteiger partial charge in [0.15, 0.2) is 5.12 Å². The zero-order valence-corrected chi connectivity index (χ0v) is 8.33. The third kappa shape index (κ3) is 5.08. The maximum absolute atomic E-state index is 11.2. The van der Waals surface area contributed by atoms with Gasteiger partial charge in [-0.05, 0) is 18.2 Å². The molecule has 0 aromatic carbocycles. The molecule has 2 heteroatoms. The Morgan fingerprint density at radius 2 is 2.18 bits per heavy atom. The molecule has 64 valence electrons. The Bertz CT molecular complexity index is 152. The zero-order valence-electron chi connectivity index (χ0n) is 7.52. The molecule has 11 heavy (non-hydrogen) atoms. The molecule has 1 atom stereocenters. The highest BCUT2D eigenvalue weighted by Crippen LogP contribution is 2.20. The molecule has 0 heterocycles. The lowest BCUT2D eigenvalue weighted by molar-refractivity contribution is -0.114. The molecule has 1 nitrogen and oxygen atoms in total. The summed E-state index contributed by atoms with van der Waals surface area (Å²) in [5.41, 5.74) is 0. The molecule has 0 spiro atoms. The smallest absolute Gasteiger partial charge is 0.196 e. The molecule has 0 aromatic rings. The first-order valence-electron chi connectivity index (χ1n) is 3.95. The molecule has 0 bridgehead atoms. The van der Waals surface area contributed by atoms with Crippen LogP contribution in [0, 0.1) is 5.92 Å². The van der Waals surface area contributed by atoms with Crippen LogP contribution in [0.1, 0.15) is 33.6 Å². The molecule has 0 aliphatic heterocycles. The highest BCUT2D eigenvalue weighted by atomic mass is 32.2. The highest BCUT2D eigenvalue weighted by Gasteiger charge is 2.11. The van der Waals surface area contributed by atoms with Gasteiger partial charge < -0.3 is 0 Å². The van der Waals surface area contributed by atoms with Crippen molar-refractivity contribution in [1.29, 1.82) is 0 Å². The van der Waals surface area contributed by atoms with Gasteiger partial charge in [0.25, 0.3) is 0 Å². The molecule has 0 aromatic heterocycles. The van der Waals surface area contributed by atoms with E-state index >= 15 is 0 Å². The molecule has 0 radical (unpaired) electrons. The number of hydrogen-bond donors (Lipinski definition) is 0. The SMILES string of the molecule is C=C(C)SC(=O)C(C)CCC. The monoisotopic (exact) mass is 172 g/mol. The third-order valence-corrected chi connectivity index (χ3v) is 2.35. The quantitative estimate of drug-likeness (QED) is 0.647. The van der Waals surface area contributed by atoms with E-state index in [9.17, 15) is 4.79 Å². The van der Waals surface area contributed by atoms with Gasteiger partial charge in [0.1, 0.15) is 0 Å². The van der Waals surface area contributed by atoms with E-state index in [1.165, 1.54) is 11.8 Å². The van der Waals surface area contributed by atoms with Crippen molar-refractivity contribution >= 4 is 16.9 Å². The molecular formula is C9H16OS. The zero-order chi connectivity index (χ0) is 8.85. The van der Waals surface area contributed by atoms with E-state index in [1.54, 1.807) is 0 Å². The number of rotatable bonds is 4. The number of allylic oxidation sites excluding steroid dienone is 1. The maximum Gasteiger partial charge on any atom is 0.196 e. The van der Waals surface area contributed by atoms with Crippen molar-refractivity contribution < 1.29 is 4.79 Å². The van der Waals surface area contributed by atoms with Crippen molar-refractivity contribution in [3.63, 3.8) is 0 Å². The molecule has 0 amide bonds. The minimum absolute atomic E-state index is 0.182. The fourth-order valence-corrected chi connectivity index (χ4v) is 1.49. The third-order valence-electron chi connectivity index (χ3n) is 1.40. The topological polar surface area (TPSA) is 17.1 Å². The Morgan fingerprint density at radius 3 is 2.55 bits per heavy atom. The van der Waals surface area contributed by atoms with E-state index < -0.39 is 0 Å². The number of carbonyl (C=O) groups excluding carboxylic acids is 1. The first kappa shape index (κ1) is 10.8. The van der Waals surface area contributed by atoms with E-state index in [4.69, 9.17) is 0 Å². The Morgan fingerprint density at radius 1 is 1.64 bits per heavy atom.